The van der Waals surface area contributed by atoms with E-state index in [1.807, 2.05) is 0 Å². The summed E-state index contributed by atoms with van der Waals surface area (Å²) in [5.41, 5.74) is 0. The van der Waals surface area contributed by atoms with Crippen molar-refractivity contribution in [1.82, 2.24) is 0 Å². The van der Waals surface area contributed by atoms with Gasteiger partial charge in [-0.05, 0) is 49.4 Å². The van der Waals surface area contributed by atoms with Crippen molar-refractivity contribution >= 4 is 39.5 Å². The molecule has 0 aromatic carbocycles. The van der Waals surface area contributed by atoms with Gasteiger partial charge in [0.2, 0.25) is 0 Å². The normalized spacial score (nSPS) is 14.9. The van der Waals surface area contributed by atoms with Gasteiger partial charge in [-0.25, -0.2) is 9.13 Å². The van der Waals surface area contributed by atoms with Crippen molar-refractivity contribution in [2.45, 2.75) is 427 Å². The molecule has 5 unspecified atom stereocenters. The van der Waals surface area contributed by atoms with Crippen molar-refractivity contribution < 1.29 is 80.2 Å². The molecule has 0 radical (unpaired) electrons. The highest BCUT2D eigenvalue weighted by Crippen LogP contribution is 2.45. The van der Waals surface area contributed by atoms with Crippen molar-refractivity contribution in [3.05, 3.63) is 0 Å². The highest BCUT2D eigenvalue weighted by molar-refractivity contribution is 7.47. The Labute approximate surface area is 607 Å². The maximum atomic E-state index is 13.1. The molecule has 0 heterocycles. The Morgan fingerprint density at radius 1 is 0.283 bits per heavy atom. The molecule has 0 aromatic rings. The average Bonchev–Trinajstić information content (AvgIpc) is 1.01. The van der Waals surface area contributed by atoms with Crippen LogP contribution in [0.4, 0.5) is 0 Å². The van der Waals surface area contributed by atoms with Gasteiger partial charge in [-0.15, -0.1) is 0 Å². The number of hydrogen-bond acceptors (Lipinski definition) is 15. The highest BCUT2D eigenvalue weighted by Gasteiger charge is 2.30. The minimum absolute atomic E-state index is 0.106. The number of phosphoric acid groups is 2. The molecular formula is C80H156O17P2. The van der Waals surface area contributed by atoms with E-state index in [9.17, 15) is 43.2 Å². The predicted molar refractivity (Wildman–Crippen MR) is 404 cm³/mol. The standard InChI is InChI=1S/C80H156O17P2/c1-9-71(6)57-49-41-32-28-24-20-16-14-12-13-15-17-22-26-30-34-46-54-62-79(84)96-75(66-90-77(82)60-52-44-38-36-40-48-56-70(4)5)68-94-98(86,87)92-64-74(81)65-93-99(88,89)95-69-76(67-91-78(83)61-53-45-39-37-43-51-59-73(8)11-3)97-80(85)63-55-47-35-31-27-23-19-18-21-25-29-33-42-50-58-72(7)10-2/h70-76,81H,9-69H2,1-8H3,(H,86,87)(H,88,89)/t71?,72?,73?,74-,75+,76+/m0/s1. The molecular weight excluding hydrogens is 1290 g/mol. The SMILES string of the molecule is CCC(C)CCCCCCCCCCCCCCCCCCCCC(=O)O[C@H](COC(=O)CCCCCCCCC(C)C)COP(=O)(O)OC[C@H](O)COP(=O)(O)OC[C@@H](COC(=O)CCCCCCCCC(C)CC)OC(=O)CCCCCCCCCCCCCCCCC(C)CC. The third kappa shape index (κ3) is 70.2. The Morgan fingerprint density at radius 3 is 0.717 bits per heavy atom. The zero-order chi connectivity index (χ0) is 73.1. The van der Waals surface area contributed by atoms with Crippen LogP contribution in [0.25, 0.3) is 0 Å². The number of unbranched alkanes of at least 4 members (excludes halogenated alkanes) is 40. The second-order valence-corrected chi connectivity index (χ2v) is 32.9. The summed E-state index contributed by atoms with van der Waals surface area (Å²) in [6.07, 6.45) is 55.7. The molecule has 0 aliphatic rings. The van der Waals surface area contributed by atoms with Crippen LogP contribution in [0.3, 0.4) is 0 Å². The van der Waals surface area contributed by atoms with Gasteiger partial charge in [0, 0.05) is 25.7 Å². The number of aliphatic hydroxyl groups is 1. The Balaban J connectivity index is 5.15. The summed E-state index contributed by atoms with van der Waals surface area (Å²) in [6, 6.07) is 0. The van der Waals surface area contributed by atoms with Crippen LogP contribution in [0.15, 0.2) is 0 Å². The number of aliphatic hydroxyl groups excluding tert-OH is 1. The van der Waals surface area contributed by atoms with Crippen molar-refractivity contribution in [3.63, 3.8) is 0 Å². The molecule has 0 spiro atoms. The van der Waals surface area contributed by atoms with Crippen LogP contribution in [0, 0.1) is 23.7 Å². The fourth-order valence-corrected chi connectivity index (χ4v) is 13.7. The van der Waals surface area contributed by atoms with Crippen molar-refractivity contribution in [2.24, 2.45) is 23.7 Å². The molecule has 0 rings (SSSR count). The number of rotatable bonds is 77. The van der Waals surface area contributed by atoms with Crippen LogP contribution in [0.5, 0.6) is 0 Å². The van der Waals surface area contributed by atoms with Crippen molar-refractivity contribution in [2.75, 3.05) is 39.6 Å². The zero-order valence-corrected chi connectivity index (χ0v) is 66.9. The van der Waals surface area contributed by atoms with E-state index in [1.165, 1.54) is 199 Å². The highest BCUT2D eigenvalue weighted by atomic mass is 31.2. The predicted octanol–water partition coefficient (Wildman–Crippen LogP) is 23.6. The maximum absolute atomic E-state index is 13.1. The van der Waals surface area contributed by atoms with Crippen LogP contribution in [0.2, 0.25) is 0 Å². The third-order valence-corrected chi connectivity index (χ3v) is 21.6. The van der Waals surface area contributed by atoms with Crippen LogP contribution < -0.4 is 0 Å². The first-order chi connectivity index (χ1) is 47.7. The molecule has 3 N–H and O–H groups in total. The van der Waals surface area contributed by atoms with E-state index in [-0.39, 0.29) is 25.7 Å². The first-order valence-corrected chi connectivity index (χ1v) is 44.3. The van der Waals surface area contributed by atoms with Crippen molar-refractivity contribution in [3.8, 4) is 0 Å². The van der Waals surface area contributed by atoms with Crippen LogP contribution in [-0.4, -0.2) is 96.7 Å². The van der Waals surface area contributed by atoms with E-state index >= 15 is 0 Å². The van der Waals surface area contributed by atoms with E-state index in [0.29, 0.717) is 31.6 Å². The number of ether oxygens (including phenoxy) is 4. The second-order valence-electron chi connectivity index (χ2n) is 30.0. The van der Waals surface area contributed by atoms with E-state index in [0.717, 1.165) is 120 Å². The van der Waals surface area contributed by atoms with Crippen LogP contribution >= 0.6 is 15.6 Å². The minimum Gasteiger partial charge on any atom is -0.462 e. The van der Waals surface area contributed by atoms with Gasteiger partial charge in [0.05, 0.1) is 26.4 Å². The summed E-state index contributed by atoms with van der Waals surface area (Å²) in [6.45, 7) is 14.2. The van der Waals surface area contributed by atoms with Gasteiger partial charge in [0.1, 0.15) is 19.3 Å². The number of phosphoric ester groups is 2. The lowest BCUT2D eigenvalue weighted by molar-refractivity contribution is -0.161. The Hall–Kier alpha value is -1.94. The molecule has 0 amide bonds. The van der Waals surface area contributed by atoms with Gasteiger partial charge in [-0.1, -0.05) is 357 Å². The lowest BCUT2D eigenvalue weighted by Crippen LogP contribution is -2.30. The topological polar surface area (TPSA) is 237 Å². The van der Waals surface area contributed by atoms with Gasteiger partial charge in [-0.3, -0.25) is 37.3 Å². The number of carbonyl (C=O) groups excluding carboxylic acids is 4. The summed E-state index contributed by atoms with van der Waals surface area (Å²) in [7, 11) is -9.92. The molecule has 0 saturated carbocycles. The number of carbonyl (C=O) groups is 4. The molecule has 0 aromatic heterocycles. The van der Waals surface area contributed by atoms with E-state index in [4.69, 9.17) is 37.0 Å². The smallest absolute Gasteiger partial charge is 0.462 e. The summed E-state index contributed by atoms with van der Waals surface area (Å²) in [4.78, 5) is 72.9. The van der Waals surface area contributed by atoms with Crippen LogP contribution in [-0.2, 0) is 65.4 Å². The number of esters is 4. The van der Waals surface area contributed by atoms with Gasteiger partial charge < -0.3 is 33.8 Å². The molecule has 0 bridgehead atoms. The summed E-state index contributed by atoms with van der Waals surface area (Å²) in [5.74, 6) is 1.01. The molecule has 17 nitrogen and oxygen atoms in total. The van der Waals surface area contributed by atoms with Gasteiger partial charge in [0.25, 0.3) is 0 Å². The second kappa shape index (κ2) is 69.1. The molecule has 0 saturated heterocycles. The molecule has 0 aliphatic heterocycles. The Bertz CT molecular complexity index is 1940. The molecule has 8 atom stereocenters. The van der Waals surface area contributed by atoms with E-state index < -0.39 is 97.5 Å². The monoisotopic (exact) mass is 1450 g/mol. The Kier molecular flexibility index (Phi) is 67.8. The fraction of sp³-hybridized carbons (Fsp3) is 0.950. The largest absolute Gasteiger partial charge is 0.472 e. The van der Waals surface area contributed by atoms with Gasteiger partial charge in [-0.2, -0.15) is 0 Å². The van der Waals surface area contributed by atoms with Gasteiger partial charge >= 0.3 is 39.5 Å². The summed E-state index contributed by atoms with van der Waals surface area (Å²) < 4.78 is 68.6. The summed E-state index contributed by atoms with van der Waals surface area (Å²) >= 11 is 0. The quantitative estimate of drug-likeness (QED) is 0.0222. The van der Waals surface area contributed by atoms with E-state index in [2.05, 4.69) is 55.4 Å². The third-order valence-electron chi connectivity index (χ3n) is 19.7. The first kappa shape index (κ1) is 97.1. The molecule has 99 heavy (non-hydrogen) atoms. The summed E-state index contributed by atoms with van der Waals surface area (Å²) in [5, 5.41) is 10.6. The lowest BCUT2D eigenvalue weighted by Gasteiger charge is -2.21. The fourth-order valence-electron chi connectivity index (χ4n) is 12.2. The lowest BCUT2D eigenvalue weighted by atomic mass is 9.99. The van der Waals surface area contributed by atoms with Crippen molar-refractivity contribution in [1.29, 1.82) is 0 Å². The average molecular weight is 1450 g/mol. The minimum atomic E-state index is -4.96. The molecule has 0 aliphatic carbocycles. The zero-order valence-electron chi connectivity index (χ0n) is 65.1. The van der Waals surface area contributed by atoms with E-state index in [1.54, 1.807) is 0 Å². The Morgan fingerprint density at radius 2 is 0.485 bits per heavy atom. The first-order valence-electron chi connectivity index (χ1n) is 41.3. The molecule has 588 valence electrons. The molecule has 19 heteroatoms. The maximum Gasteiger partial charge on any atom is 0.472 e. The van der Waals surface area contributed by atoms with Gasteiger partial charge in [0.15, 0.2) is 12.2 Å². The van der Waals surface area contributed by atoms with Crippen LogP contribution in [0.1, 0.15) is 409 Å². The number of hydrogen-bond donors (Lipinski definition) is 3. The molecule has 0 fully saturated rings.